The summed E-state index contributed by atoms with van der Waals surface area (Å²) >= 11 is 12.0. The van der Waals surface area contributed by atoms with Gasteiger partial charge in [0, 0.05) is 6.54 Å². The highest BCUT2D eigenvalue weighted by Gasteiger charge is 2.27. The number of aromatic nitrogens is 1. The number of hydrogen-bond acceptors (Lipinski definition) is 4. The van der Waals surface area contributed by atoms with Gasteiger partial charge in [-0.1, -0.05) is 34.4 Å². The lowest BCUT2D eigenvalue weighted by Crippen LogP contribution is -2.44. The molecule has 1 unspecified atom stereocenters. The van der Waals surface area contributed by atoms with Crippen molar-refractivity contribution >= 4 is 34.9 Å². The van der Waals surface area contributed by atoms with Crippen LogP contribution in [0.4, 0.5) is 10.5 Å². The molecule has 1 fully saturated rings. The second kappa shape index (κ2) is 7.01. The fourth-order valence-electron chi connectivity index (χ4n) is 2.60. The fourth-order valence-corrected chi connectivity index (χ4v) is 2.90. The third-order valence-corrected chi connectivity index (χ3v) is 4.67. The average molecular weight is 370 g/mol. The first-order valence-electron chi connectivity index (χ1n) is 7.51. The van der Waals surface area contributed by atoms with Crippen LogP contribution >= 0.6 is 23.2 Å². The number of ether oxygens (including phenoxy) is 1. The Morgan fingerprint density at radius 3 is 2.79 bits per heavy atom. The van der Waals surface area contributed by atoms with Gasteiger partial charge in [-0.15, -0.1) is 0 Å². The lowest BCUT2D eigenvalue weighted by Gasteiger charge is -2.33. The van der Waals surface area contributed by atoms with Crippen molar-refractivity contribution in [2.75, 3.05) is 25.0 Å². The van der Waals surface area contributed by atoms with Crippen LogP contribution in [0.1, 0.15) is 23.1 Å². The number of carbonyl (C=O) groups excluding carboxylic acids is 1. The third kappa shape index (κ3) is 3.50. The molecular weight excluding hydrogens is 353 g/mol. The minimum Gasteiger partial charge on any atom is -0.370 e. The Balaban J connectivity index is 1.71. The highest BCUT2D eigenvalue weighted by molar-refractivity contribution is 6.42. The number of urea groups is 1. The third-order valence-electron chi connectivity index (χ3n) is 3.93. The van der Waals surface area contributed by atoms with Gasteiger partial charge in [0.25, 0.3) is 0 Å². The SMILES string of the molecule is Cc1noc(C)c1NC(=O)N1CCOC(c2ccc(Cl)c(Cl)c2)C1. The highest BCUT2D eigenvalue weighted by Crippen LogP contribution is 2.29. The quantitative estimate of drug-likeness (QED) is 0.860. The number of rotatable bonds is 2. The van der Waals surface area contributed by atoms with Gasteiger partial charge in [-0.3, -0.25) is 0 Å². The smallest absolute Gasteiger partial charge is 0.322 e. The zero-order chi connectivity index (χ0) is 17.3. The Morgan fingerprint density at radius 2 is 2.12 bits per heavy atom. The number of anilines is 1. The summed E-state index contributed by atoms with van der Waals surface area (Å²) in [5.74, 6) is 0.579. The second-order valence-electron chi connectivity index (χ2n) is 5.61. The number of nitrogens with one attached hydrogen (secondary N) is 1. The summed E-state index contributed by atoms with van der Waals surface area (Å²) in [7, 11) is 0. The molecule has 0 radical (unpaired) electrons. The van der Waals surface area contributed by atoms with Crippen LogP contribution in [0.5, 0.6) is 0 Å². The number of morpholine rings is 1. The van der Waals surface area contributed by atoms with E-state index in [1.54, 1.807) is 30.9 Å². The van der Waals surface area contributed by atoms with E-state index in [2.05, 4.69) is 10.5 Å². The summed E-state index contributed by atoms with van der Waals surface area (Å²) in [4.78, 5) is 14.2. The molecule has 0 bridgehead atoms. The summed E-state index contributed by atoms with van der Waals surface area (Å²) in [6, 6.07) is 5.14. The average Bonchev–Trinajstić information content (AvgIpc) is 2.89. The van der Waals surface area contributed by atoms with Crippen LogP contribution in [0.25, 0.3) is 0 Å². The number of halogens is 2. The molecule has 1 aliphatic heterocycles. The molecule has 1 aromatic carbocycles. The molecule has 0 spiro atoms. The van der Waals surface area contributed by atoms with Crippen LogP contribution in [0.15, 0.2) is 22.7 Å². The van der Waals surface area contributed by atoms with Crippen LogP contribution in [0.2, 0.25) is 10.0 Å². The maximum Gasteiger partial charge on any atom is 0.322 e. The van der Waals surface area contributed by atoms with Gasteiger partial charge in [-0.2, -0.15) is 0 Å². The Bertz CT molecular complexity index is 744. The molecule has 1 saturated heterocycles. The molecule has 1 aromatic heterocycles. The lowest BCUT2D eigenvalue weighted by atomic mass is 10.1. The topological polar surface area (TPSA) is 67.6 Å². The van der Waals surface area contributed by atoms with Crippen LogP contribution in [-0.4, -0.2) is 35.8 Å². The normalized spacial score (nSPS) is 17.8. The van der Waals surface area contributed by atoms with E-state index in [1.165, 1.54) is 0 Å². The van der Waals surface area contributed by atoms with E-state index in [0.717, 1.165) is 5.56 Å². The predicted molar refractivity (Wildman–Crippen MR) is 91.7 cm³/mol. The molecule has 2 amide bonds. The Morgan fingerprint density at radius 1 is 1.33 bits per heavy atom. The zero-order valence-corrected chi connectivity index (χ0v) is 14.8. The molecule has 128 valence electrons. The molecule has 6 nitrogen and oxygen atoms in total. The standard InChI is InChI=1S/C16H17Cl2N3O3/c1-9-15(10(2)24-20-9)19-16(22)21-5-6-23-14(8-21)11-3-4-12(17)13(18)7-11/h3-4,7,14H,5-6,8H2,1-2H3,(H,19,22). The molecule has 2 heterocycles. The minimum absolute atomic E-state index is 0.210. The highest BCUT2D eigenvalue weighted by atomic mass is 35.5. The van der Waals surface area contributed by atoms with E-state index in [-0.39, 0.29) is 12.1 Å². The second-order valence-corrected chi connectivity index (χ2v) is 6.42. The molecule has 3 rings (SSSR count). The Hall–Kier alpha value is -1.76. The molecular formula is C16H17Cl2N3O3. The van der Waals surface area contributed by atoms with Crippen LogP contribution in [0, 0.1) is 13.8 Å². The Kier molecular flexibility index (Phi) is 4.99. The van der Waals surface area contributed by atoms with Crippen molar-refractivity contribution < 1.29 is 14.1 Å². The van der Waals surface area contributed by atoms with E-state index in [0.29, 0.717) is 46.9 Å². The summed E-state index contributed by atoms with van der Waals surface area (Å²) in [6.45, 7) is 4.91. The van der Waals surface area contributed by atoms with Crippen molar-refractivity contribution in [2.24, 2.45) is 0 Å². The van der Waals surface area contributed by atoms with Gasteiger partial charge in [0.15, 0.2) is 5.76 Å². The molecule has 1 N–H and O–H groups in total. The van der Waals surface area contributed by atoms with Gasteiger partial charge < -0.3 is 19.5 Å². The van der Waals surface area contributed by atoms with Gasteiger partial charge >= 0.3 is 6.03 Å². The number of aryl methyl sites for hydroxylation is 2. The largest absolute Gasteiger partial charge is 0.370 e. The summed E-state index contributed by atoms with van der Waals surface area (Å²) in [6.07, 6.45) is -0.246. The Labute approximate surface area is 149 Å². The molecule has 8 heteroatoms. The van der Waals surface area contributed by atoms with Gasteiger partial charge in [0.05, 0.1) is 23.2 Å². The van der Waals surface area contributed by atoms with Gasteiger partial charge in [-0.05, 0) is 31.5 Å². The number of nitrogens with zero attached hydrogens (tertiary/aromatic N) is 2. The van der Waals surface area contributed by atoms with Crippen molar-refractivity contribution in [3.63, 3.8) is 0 Å². The van der Waals surface area contributed by atoms with Crippen LogP contribution < -0.4 is 5.32 Å². The monoisotopic (exact) mass is 369 g/mol. The van der Waals surface area contributed by atoms with Crippen molar-refractivity contribution in [3.8, 4) is 0 Å². The molecule has 24 heavy (non-hydrogen) atoms. The van der Waals surface area contributed by atoms with Crippen molar-refractivity contribution in [1.82, 2.24) is 10.1 Å². The van der Waals surface area contributed by atoms with Crippen LogP contribution in [-0.2, 0) is 4.74 Å². The van der Waals surface area contributed by atoms with Gasteiger partial charge in [0.2, 0.25) is 0 Å². The first kappa shape index (κ1) is 17.1. The van der Waals surface area contributed by atoms with E-state index in [1.807, 2.05) is 6.07 Å². The molecule has 2 aromatic rings. The predicted octanol–water partition coefficient (Wildman–Crippen LogP) is 4.20. The molecule has 1 aliphatic rings. The van der Waals surface area contributed by atoms with Crippen LogP contribution in [0.3, 0.4) is 0 Å². The zero-order valence-electron chi connectivity index (χ0n) is 13.3. The summed E-state index contributed by atoms with van der Waals surface area (Å²) in [5.41, 5.74) is 2.15. The van der Waals surface area contributed by atoms with E-state index >= 15 is 0 Å². The fraction of sp³-hybridized carbons (Fsp3) is 0.375. The maximum absolute atomic E-state index is 12.5. The van der Waals surface area contributed by atoms with E-state index in [9.17, 15) is 4.79 Å². The van der Waals surface area contributed by atoms with Gasteiger partial charge in [-0.25, -0.2) is 4.79 Å². The number of hydrogen-bond donors (Lipinski definition) is 1. The number of benzene rings is 1. The maximum atomic E-state index is 12.5. The molecule has 1 atom stereocenters. The summed E-state index contributed by atoms with van der Waals surface area (Å²) < 4.78 is 10.8. The lowest BCUT2D eigenvalue weighted by molar-refractivity contribution is -0.0135. The van der Waals surface area contributed by atoms with Crippen molar-refractivity contribution in [3.05, 3.63) is 45.3 Å². The first-order valence-corrected chi connectivity index (χ1v) is 8.26. The number of amides is 2. The summed E-state index contributed by atoms with van der Waals surface area (Å²) in [5, 5.41) is 7.64. The van der Waals surface area contributed by atoms with E-state index in [4.69, 9.17) is 32.5 Å². The number of carbonyl (C=O) groups is 1. The minimum atomic E-state index is -0.246. The first-order chi connectivity index (χ1) is 11.5. The molecule has 0 aliphatic carbocycles. The van der Waals surface area contributed by atoms with Crippen molar-refractivity contribution in [1.29, 1.82) is 0 Å². The van der Waals surface area contributed by atoms with E-state index < -0.39 is 0 Å². The van der Waals surface area contributed by atoms with Gasteiger partial charge in [0.1, 0.15) is 17.5 Å². The van der Waals surface area contributed by atoms with Crippen molar-refractivity contribution in [2.45, 2.75) is 20.0 Å². The molecule has 0 saturated carbocycles.